The van der Waals surface area contributed by atoms with Crippen LogP contribution in [0.4, 0.5) is 0 Å². The number of hydrogen-bond donors (Lipinski definition) is 1. The topological polar surface area (TPSA) is 51.8 Å². The number of rotatable bonds is 3. The normalized spacial score (nSPS) is 10.5. The molecular weight excluding hydrogens is 250 g/mol. The van der Waals surface area contributed by atoms with Gasteiger partial charge in [-0.3, -0.25) is 0 Å². The van der Waals surface area contributed by atoms with E-state index in [0.29, 0.717) is 11.6 Å². The molecule has 0 bridgehead atoms. The number of halogens is 1. The molecule has 0 aliphatic carbocycles. The third kappa shape index (κ3) is 2.49. The lowest BCUT2D eigenvalue weighted by Gasteiger charge is -2.04. The standard InChI is InChI=1S/C9H8ClN3S2/c10-7-6(5-11)1-2-12-8(7)15-9-13-3-4-14-9/h1-4H,5,11H2. The zero-order chi connectivity index (χ0) is 10.7. The van der Waals surface area contributed by atoms with Crippen molar-refractivity contribution in [3.05, 3.63) is 34.4 Å². The monoisotopic (exact) mass is 257 g/mol. The minimum absolute atomic E-state index is 0.423. The molecule has 2 rings (SSSR count). The summed E-state index contributed by atoms with van der Waals surface area (Å²) in [6, 6.07) is 1.83. The first-order valence-electron chi connectivity index (χ1n) is 4.22. The van der Waals surface area contributed by atoms with Gasteiger partial charge in [0.15, 0.2) is 4.34 Å². The highest BCUT2D eigenvalue weighted by Gasteiger charge is 2.09. The molecule has 2 aromatic rings. The van der Waals surface area contributed by atoms with Crippen LogP contribution in [-0.4, -0.2) is 9.97 Å². The smallest absolute Gasteiger partial charge is 0.156 e. The zero-order valence-corrected chi connectivity index (χ0v) is 10.1. The highest BCUT2D eigenvalue weighted by atomic mass is 35.5. The van der Waals surface area contributed by atoms with Crippen LogP contribution in [0.5, 0.6) is 0 Å². The van der Waals surface area contributed by atoms with Gasteiger partial charge in [-0.1, -0.05) is 11.6 Å². The molecule has 15 heavy (non-hydrogen) atoms. The van der Waals surface area contributed by atoms with Crippen molar-refractivity contribution in [1.82, 2.24) is 9.97 Å². The molecular formula is C9H8ClN3S2. The Bertz CT molecular complexity index is 445. The maximum Gasteiger partial charge on any atom is 0.156 e. The van der Waals surface area contributed by atoms with Gasteiger partial charge in [-0.05, 0) is 23.4 Å². The second kappa shape index (κ2) is 4.94. The van der Waals surface area contributed by atoms with Crippen molar-refractivity contribution in [1.29, 1.82) is 0 Å². The van der Waals surface area contributed by atoms with Crippen LogP contribution < -0.4 is 5.73 Å². The number of nitrogens with zero attached hydrogens (tertiary/aromatic N) is 2. The molecule has 0 unspecified atom stereocenters. The molecule has 6 heteroatoms. The summed E-state index contributed by atoms with van der Waals surface area (Å²) >= 11 is 9.16. The van der Waals surface area contributed by atoms with Crippen LogP contribution in [0.15, 0.2) is 33.2 Å². The van der Waals surface area contributed by atoms with Gasteiger partial charge < -0.3 is 5.73 Å². The molecule has 0 spiro atoms. The minimum Gasteiger partial charge on any atom is -0.326 e. The maximum absolute atomic E-state index is 6.14. The van der Waals surface area contributed by atoms with Crippen molar-refractivity contribution in [2.24, 2.45) is 5.73 Å². The largest absolute Gasteiger partial charge is 0.326 e. The molecule has 0 atom stereocenters. The van der Waals surface area contributed by atoms with E-state index in [-0.39, 0.29) is 0 Å². The molecule has 0 saturated carbocycles. The van der Waals surface area contributed by atoms with Gasteiger partial charge in [0, 0.05) is 24.3 Å². The Labute approximate surface area is 101 Å². The van der Waals surface area contributed by atoms with Crippen molar-refractivity contribution < 1.29 is 0 Å². The van der Waals surface area contributed by atoms with Crippen LogP contribution in [0.25, 0.3) is 0 Å². The molecule has 0 aliphatic heterocycles. The number of hydrogen-bond acceptors (Lipinski definition) is 5. The molecule has 2 heterocycles. The van der Waals surface area contributed by atoms with E-state index >= 15 is 0 Å². The summed E-state index contributed by atoms with van der Waals surface area (Å²) in [4.78, 5) is 8.36. The van der Waals surface area contributed by atoms with Crippen LogP contribution in [0.1, 0.15) is 5.56 Å². The van der Waals surface area contributed by atoms with Crippen molar-refractivity contribution in [2.45, 2.75) is 15.9 Å². The molecule has 2 aromatic heterocycles. The first kappa shape index (κ1) is 10.9. The van der Waals surface area contributed by atoms with Gasteiger partial charge in [0.1, 0.15) is 5.03 Å². The molecule has 0 fully saturated rings. The predicted molar refractivity (Wildman–Crippen MR) is 63.4 cm³/mol. The fraction of sp³-hybridized carbons (Fsp3) is 0.111. The van der Waals surface area contributed by atoms with E-state index in [1.807, 2.05) is 11.4 Å². The second-order valence-corrected chi connectivity index (χ2v) is 5.20. The van der Waals surface area contributed by atoms with E-state index in [2.05, 4.69) is 9.97 Å². The van der Waals surface area contributed by atoms with Gasteiger partial charge in [-0.2, -0.15) is 0 Å². The number of thiazole rings is 1. The molecule has 0 radical (unpaired) electrons. The summed E-state index contributed by atoms with van der Waals surface area (Å²) in [5.74, 6) is 0. The van der Waals surface area contributed by atoms with Crippen molar-refractivity contribution >= 4 is 34.7 Å². The van der Waals surface area contributed by atoms with Crippen LogP contribution in [0, 0.1) is 0 Å². The van der Waals surface area contributed by atoms with E-state index in [0.717, 1.165) is 14.9 Å². The molecule has 2 N–H and O–H groups in total. The first-order chi connectivity index (χ1) is 7.31. The Kier molecular flexibility index (Phi) is 3.58. The Balaban J connectivity index is 2.29. The van der Waals surface area contributed by atoms with Gasteiger partial charge in [-0.25, -0.2) is 9.97 Å². The van der Waals surface area contributed by atoms with E-state index in [1.54, 1.807) is 23.7 Å². The van der Waals surface area contributed by atoms with Gasteiger partial charge >= 0.3 is 0 Å². The number of aromatic nitrogens is 2. The summed E-state index contributed by atoms with van der Waals surface area (Å²) in [5.41, 5.74) is 6.47. The summed E-state index contributed by atoms with van der Waals surface area (Å²) in [6.07, 6.45) is 3.47. The minimum atomic E-state index is 0.423. The van der Waals surface area contributed by atoms with E-state index < -0.39 is 0 Å². The van der Waals surface area contributed by atoms with Crippen LogP contribution in [0.2, 0.25) is 5.02 Å². The molecule has 3 nitrogen and oxygen atoms in total. The Morgan fingerprint density at radius 2 is 2.27 bits per heavy atom. The first-order valence-corrected chi connectivity index (χ1v) is 6.29. The fourth-order valence-corrected chi connectivity index (χ4v) is 2.91. The van der Waals surface area contributed by atoms with Gasteiger partial charge in [0.25, 0.3) is 0 Å². The zero-order valence-electron chi connectivity index (χ0n) is 7.68. The molecule has 0 aromatic carbocycles. The Morgan fingerprint density at radius 3 is 2.93 bits per heavy atom. The lowest BCUT2D eigenvalue weighted by atomic mass is 10.3. The highest BCUT2D eigenvalue weighted by molar-refractivity contribution is 8.01. The molecule has 0 saturated heterocycles. The Hall–Kier alpha value is -0.620. The fourth-order valence-electron chi connectivity index (χ4n) is 1.03. The van der Waals surface area contributed by atoms with Crippen LogP contribution >= 0.6 is 34.7 Å². The van der Waals surface area contributed by atoms with Gasteiger partial charge in [-0.15, -0.1) is 11.3 Å². The third-order valence-electron chi connectivity index (χ3n) is 1.75. The highest BCUT2D eigenvalue weighted by Crippen LogP contribution is 2.33. The van der Waals surface area contributed by atoms with E-state index in [1.165, 1.54) is 11.8 Å². The summed E-state index contributed by atoms with van der Waals surface area (Å²) in [6.45, 7) is 0.423. The SMILES string of the molecule is NCc1ccnc(Sc2nccs2)c1Cl. The molecule has 0 amide bonds. The summed E-state index contributed by atoms with van der Waals surface area (Å²) in [5, 5.41) is 3.30. The van der Waals surface area contributed by atoms with Gasteiger partial charge in [0.2, 0.25) is 0 Å². The van der Waals surface area contributed by atoms with Crippen molar-refractivity contribution in [3.63, 3.8) is 0 Å². The average Bonchev–Trinajstić information content (AvgIpc) is 2.74. The third-order valence-corrected chi connectivity index (χ3v) is 4.17. The van der Waals surface area contributed by atoms with Crippen LogP contribution in [-0.2, 0) is 6.54 Å². The summed E-state index contributed by atoms with van der Waals surface area (Å²) < 4.78 is 0.929. The number of pyridine rings is 1. The Morgan fingerprint density at radius 1 is 1.40 bits per heavy atom. The molecule has 0 aliphatic rings. The van der Waals surface area contributed by atoms with Crippen molar-refractivity contribution in [3.8, 4) is 0 Å². The second-order valence-electron chi connectivity index (χ2n) is 2.69. The van der Waals surface area contributed by atoms with E-state index in [9.17, 15) is 0 Å². The van der Waals surface area contributed by atoms with Crippen LogP contribution in [0.3, 0.4) is 0 Å². The summed E-state index contributed by atoms with van der Waals surface area (Å²) in [7, 11) is 0. The maximum atomic E-state index is 6.14. The molecule has 78 valence electrons. The lowest BCUT2D eigenvalue weighted by Crippen LogP contribution is -1.98. The van der Waals surface area contributed by atoms with Crippen molar-refractivity contribution in [2.75, 3.05) is 0 Å². The van der Waals surface area contributed by atoms with Gasteiger partial charge in [0.05, 0.1) is 5.02 Å². The van der Waals surface area contributed by atoms with E-state index in [4.69, 9.17) is 17.3 Å². The lowest BCUT2D eigenvalue weighted by molar-refractivity contribution is 1.02. The number of nitrogens with two attached hydrogens (primary N) is 1. The predicted octanol–water partition coefficient (Wildman–Crippen LogP) is 2.80. The average molecular weight is 258 g/mol. The quantitative estimate of drug-likeness (QED) is 0.919.